The van der Waals surface area contributed by atoms with Crippen LogP contribution in [0.3, 0.4) is 0 Å². The van der Waals surface area contributed by atoms with Crippen molar-refractivity contribution in [2.45, 2.75) is 13.5 Å². The summed E-state index contributed by atoms with van der Waals surface area (Å²) in [6, 6.07) is 20.7. The lowest BCUT2D eigenvalue weighted by Crippen LogP contribution is -3.13. The van der Waals surface area contributed by atoms with E-state index in [0.717, 1.165) is 43.9 Å². The van der Waals surface area contributed by atoms with Gasteiger partial charge in [-0.25, -0.2) is 0 Å². The van der Waals surface area contributed by atoms with Crippen molar-refractivity contribution in [1.82, 2.24) is 4.98 Å². The van der Waals surface area contributed by atoms with E-state index in [1.165, 1.54) is 5.56 Å². The summed E-state index contributed by atoms with van der Waals surface area (Å²) in [6.07, 6.45) is 0. The number of hydrogen-bond acceptors (Lipinski definition) is 4. The smallest absolute Gasteiger partial charge is 0.235 e. The fourth-order valence-corrected chi connectivity index (χ4v) is 3.61. The van der Waals surface area contributed by atoms with Crippen LogP contribution in [-0.2, 0) is 6.54 Å². The van der Waals surface area contributed by atoms with E-state index in [1.807, 2.05) is 31.2 Å². The van der Waals surface area contributed by atoms with Crippen molar-refractivity contribution in [2.75, 3.05) is 31.1 Å². The molecule has 0 aliphatic carbocycles. The molecule has 0 saturated carbocycles. The summed E-state index contributed by atoms with van der Waals surface area (Å²) in [5.74, 6) is 1.13. The van der Waals surface area contributed by atoms with Crippen molar-refractivity contribution in [3.8, 4) is 17.5 Å². The van der Waals surface area contributed by atoms with Gasteiger partial charge in [0.05, 0.1) is 26.2 Å². The molecular weight excluding hydrogens is 336 g/mol. The number of piperazine rings is 1. The van der Waals surface area contributed by atoms with E-state index >= 15 is 0 Å². The molecule has 0 radical (unpaired) electrons. The van der Waals surface area contributed by atoms with Crippen LogP contribution < -0.4 is 9.80 Å². The molecule has 0 amide bonds. The number of anilines is 1. The van der Waals surface area contributed by atoms with Gasteiger partial charge in [0, 0.05) is 11.1 Å². The molecule has 136 valence electrons. The molecule has 1 N–H and O–H groups in total. The third kappa shape index (κ3) is 3.71. The van der Waals surface area contributed by atoms with Crippen LogP contribution in [0, 0.1) is 18.3 Å². The molecule has 27 heavy (non-hydrogen) atoms. The zero-order chi connectivity index (χ0) is 18.6. The van der Waals surface area contributed by atoms with E-state index in [1.54, 1.807) is 4.90 Å². The summed E-state index contributed by atoms with van der Waals surface area (Å²) in [7, 11) is 0. The minimum atomic E-state index is 0.375. The van der Waals surface area contributed by atoms with E-state index in [-0.39, 0.29) is 0 Å². The number of quaternary nitrogens is 1. The number of rotatable bonds is 4. The normalized spacial score (nSPS) is 14.9. The van der Waals surface area contributed by atoms with Crippen molar-refractivity contribution in [1.29, 1.82) is 5.26 Å². The molecule has 2 heterocycles. The highest BCUT2D eigenvalue weighted by Gasteiger charge is 2.26. The van der Waals surface area contributed by atoms with Crippen LogP contribution in [0.2, 0.25) is 0 Å². The molecule has 5 nitrogen and oxygen atoms in total. The summed E-state index contributed by atoms with van der Waals surface area (Å²) in [4.78, 5) is 8.15. The maximum atomic E-state index is 9.52. The topological polar surface area (TPSA) is 57.5 Å². The Morgan fingerprint density at radius 1 is 1.07 bits per heavy atom. The van der Waals surface area contributed by atoms with Crippen molar-refractivity contribution in [2.24, 2.45) is 0 Å². The average Bonchev–Trinajstić information content (AvgIpc) is 3.14. The zero-order valence-electron chi connectivity index (χ0n) is 15.5. The van der Waals surface area contributed by atoms with Crippen LogP contribution in [-0.4, -0.2) is 31.2 Å². The van der Waals surface area contributed by atoms with Crippen molar-refractivity contribution >= 4 is 5.88 Å². The van der Waals surface area contributed by atoms with Crippen LogP contribution in [0.15, 0.2) is 59.0 Å². The first-order valence-electron chi connectivity index (χ1n) is 9.34. The van der Waals surface area contributed by atoms with Crippen LogP contribution in [0.5, 0.6) is 0 Å². The standard InChI is InChI=1S/C22H22N4O/c1-17-7-5-6-10-19(17)21-24-20(15-23)22(27-21)26-13-11-25(12-14-26)16-18-8-3-2-4-9-18/h2-10H,11-14,16H2,1H3/p+1. The van der Waals surface area contributed by atoms with E-state index in [2.05, 4.69) is 46.3 Å². The Morgan fingerprint density at radius 2 is 1.78 bits per heavy atom. The number of nitrogens with zero attached hydrogens (tertiary/aromatic N) is 3. The maximum absolute atomic E-state index is 9.52. The van der Waals surface area contributed by atoms with Gasteiger partial charge in [-0.3, -0.25) is 0 Å². The molecule has 3 aromatic rings. The third-order valence-electron chi connectivity index (χ3n) is 5.15. The van der Waals surface area contributed by atoms with Gasteiger partial charge in [0.2, 0.25) is 17.5 Å². The number of hydrogen-bond donors (Lipinski definition) is 1. The van der Waals surface area contributed by atoms with E-state index < -0.39 is 0 Å². The maximum Gasteiger partial charge on any atom is 0.235 e. The molecule has 1 saturated heterocycles. The minimum Gasteiger partial charge on any atom is -0.419 e. The Balaban J connectivity index is 1.48. The van der Waals surface area contributed by atoms with Gasteiger partial charge in [-0.05, 0) is 18.6 Å². The third-order valence-corrected chi connectivity index (χ3v) is 5.15. The molecule has 2 aromatic carbocycles. The highest BCUT2D eigenvalue weighted by atomic mass is 16.4. The van der Waals surface area contributed by atoms with E-state index in [9.17, 15) is 5.26 Å². The highest BCUT2D eigenvalue weighted by molar-refractivity contribution is 5.62. The van der Waals surface area contributed by atoms with Gasteiger partial charge in [-0.15, -0.1) is 0 Å². The monoisotopic (exact) mass is 359 g/mol. The molecule has 1 aromatic heterocycles. The predicted molar refractivity (Wildman–Crippen MR) is 104 cm³/mol. The molecule has 0 spiro atoms. The number of nitriles is 1. The summed E-state index contributed by atoms with van der Waals surface area (Å²) in [5, 5.41) is 9.52. The lowest BCUT2D eigenvalue weighted by molar-refractivity contribution is -0.914. The summed E-state index contributed by atoms with van der Waals surface area (Å²) in [5.41, 5.74) is 3.76. The molecule has 4 rings (SSSR count). The van der Waals surface area contributed by atoms with Gasteiger partial charge in [0.25, 0.3) is 0 Å². The Morgan fingerprint density at radius 3 is 2.48 bits per heavy atom. The van der Waals surface area contributed by atoms with Crippen molar-refractivity contribution in [3.63, 3.8) is 0 Å². The first kappa shape index (κ1) is 17.3. The number of benzene rings is 2. The van der Waals surface area contributed by atoms with Gasteiger partial charge in [0.1, 0.15) is 12.6 Å². The fraction of sp³-hybridized carbons (Fsp3) is 0.273. The number of nitrogens with one attached hydrogen (secondary N) is 1. The Bertz CT molecular complexity index is 950. The Labute approximate surface area is 159 Å². The quantitative estimate of drug-likeness (QED) is 0.777. The Kier molecular flexibility index (Phi) is 4.91. The molecule has 0 atom stereocenters. The molecule has 0 bridgehead atoms. The van der Waals surface area contributed by atoms with E-state index in [0.29, 0.717) is 17.5 Å². The summed E-state index contributed by atoms with van der Waals surface area (Å²) in [6.45, 7) is 6.81. The Hall–Kier alpha value is -3.10. The summed E-state index contributed by atoms with van der Waals surface area (Å²) < 4.78 is 6.05. The van der Waals surface area contributed by atoms with Gasteiger partial charge >= 0.3 is 0 Å². The predicted octanol–water partition coefficient (Wildman–Crippen LogP) is 2.43. The molecular formula is C22H23N4O+. The van der Waals surface area contributed by atoms with Crippen LogP contribution in [0.25, 0.3) is 11.5 Å². The van der Waals surface area contributed by atoms with Crippen LogP contribution in [0.4, 0.5) is 5.88 Å². The highest BCUT2D eigenvalue weighted by Crippen LogP contribution is 2.29. The average molecular weight is 359 g/mol. The largest absolute Gasteiger partial charge is 0.419 e. The van der Waals surface area contributed by atoms with Gasteiger partial charge in [-0.2, -0.15) is 10.2 Å². The SMILES string of the molecule is Cc1ccccc1-c1nc(C#N)c(N2CC[NH+](Cc3ccccc3)CC2)o1. The number of oxazole rings is 1. The van der Waals surface area contributed by atoms with Gasteiger partial charge < -0.3 is 14.2 Å². The van der Waals surface area contributed by atoms with Gasteiger partial charge in [-0.1, -0.05) is 48.5 Å². The second-order valence-corrected chi connectivity index (χ2v) is 7.00. The second kappa shape index (κ2) is 7.65. The van der Waals surface area contributed by atoms with Crippen molar-refractivity contribution in [3.05, 3.63) is 71.4 Å². The lowest BCUT2D eigenvalue weighted by Gasteiger charge is -2.32. The van der Waals surface area contributed by atoms with Crippen LogP contribution >= 0.6 is 0 Å². The molecule has 1 aliphatic heterocycles. The first-order valence-corrected chi connectivity index (χ1v) is 9.34. The molecule has 0 unspecified atom stereocenters. The number of aryl methyl sites for hydroxylation is 1. The van der Waals surface area contributed by atoms with Gasteiger partial charge in [0.15, 0.2) is 0 Å². The number of aromatic nitrogens is 1. The minimum absolute atomic E-state index is 0.375. The zero-order valence-corrected chi connectivity index (χ0v) is 15.5. The lowest BCUT2D eigenvalue weighted by atomic mass is 10.1. The fourth-order valence-electron chi connectivity index (χ4n) is 3.61. The summed E-state index contributed by atoms with van der Waals surface area (Å²) >= 11 is 0. The molecule has 5 heteroatoms. The van der Waals surface area contributed by atoms with Crippen molar-refractivity contribution < 1.29 is 9.32 Å². The molecule has 1 aliphatic rings. The first-order chi connectivity index (χ1) is 13.2. The van der Waals surface area contributed by atoms with Crippen LogP contribution in [0.1, 0.15) is 16.8 Å². The molecule has 1 fully saturated rings. The van der Waals surface area contributed by atoms with E-state index in [4.69, 9.17) is 4.42 Å². The second-order valence-electron chi connectivity index (χ2n) is 7.00.